The Labute approximate surface area is 87.5 Å². The van der Waals surface area contributed by atoms with E-state index in [1.807, 2.05) is 0 Å². The highest BCUT2D eigenvalue weighted by Crippen LogP contribution is 2.16. The Hall–Kier alpha value is -1.65. The number of aromatic nitrogens is 2. The van der Waals surface area contributed by atoms with Crippen LogP contribution in [-0.2, 0) is 9.53 Å². The van der Waals surface area contributed by atoms with Crippen molar-refractivity contribution in [3.8, 4) is 0 Å². The molecule has 1 heterocycles. The molecule has 5 heteroatoms. The van der Waals surface area contributed by atoms with Crippen LogP contribution >= 0.6 is 0 Å². The topological polar surface area (TPSA) is 72.0 Å². The third-order valence-corrected chi connectivity index (χ3v) is 2.09. The Morgan fingerprint density at radius 2 is 2.33 bits per heavy atom. The lowest BCUT2D eigenvalue weighted by atomic mass is 10.0. The van der Waals surface area contributed by atoms with Crippen LogP contribution < -0.4 is 5.56 Å². The number of carbonyl (C=O) groups excluding carboxylic acids is 1. The summed E-state index contributed by atoms with van der Waals surface area (Å²) in [5, 5.41) is 6.15. The summed E-state index contributed by atoms with van der Waals surface area (Å²) in [4.78, 5) is 22.4. The molecule has 0 aliphatic heterocycles. The lowest BCUT2D eigenvalue weighted by molar-refractivity contribution is -0.144. The van der Waals surface area contributed by atoms with Crippen LogP contribution in [0.4, 0.5) is 0 Å². The fraction of sp³-hybridized carbons (Fsp3) is 0.500. The van der Waals surface area contributed by atoms with Gasteiger partial charge in [0.25, 0.3) is 5.56 Å². The van der Waals surface area contributed by atoms with E-state index in [9.17, 15) is 9.59 Å². The molecule has 0 aliphatic carbocycles. The van der Waals surface area contributed by atoms with Crippen molar-refractivity contribution in [3.63, 3.8) is 0 Å². The summed E-state index contributed by atoms with van der Waals surface area (Å²) in [6.07, 6.45) is 0. The van der Waals surface area contributed by atoms with Gasteiger partial charge >= 0.3 is 5.97 Å². The SMILES string of the molecule is CCOC(=O)C(C)c1n[nH]c(=O)cc1C. The Bertz CT molecular complexity index is 411. The summed E-state index contributed by atoms with van der Waals surface area (Å²) >= 11 is 0. The predicted molar refractivity (Wildman–Crippen MR) is 54.6 cm³/mol. The van der Waals surface area contributed by atoms with Crippen LogP contribution in [0.25, 0.3) is 0 Å². The van der Waals surface area contributed by atoms with Gasteiger partial charge in [0.05, 0.1) is 18.2 Å². The van der Waals surface area contributed by atoms with Crippen LogP contribution in [0, 0.1) is 6.92 Å². The number of carbonyl (C=O) groups is 1. The van der Waals surface area contributed by atoms with Gasteiger partial charge in [0.1, 0.15) is 0 Å². The van der Waals surface area contributed by atoms with Crippen molar-refractivity contribution in [1.82, 2.24) is 10.2 Å². The maximum absolute atomic E-state index is 11.4. The molecule has 0 bridgehead atoms. The van der Waals surface area contributed by atoms with Gasteiger partial charge in [-0.3, -0.25) is 9.59 Å². The molecule has 0 saturated heterocycles. The molecule has 1 atom stereocenters. The number of aryl methyl sites for hydroxylation is 1. The molecule has 0 fully saturated rings. The van der Waals surface area contributed by atoms with Gasteiger partial charge in [-0.2, -0.15) is 5.10 Å². The van der Waals surface area contributed by atoms with E-state index < -0.39 is 5.92 Å². The Morgan fingerprint density at radius 1 is 1.67 bits per heavy atom. The third kappa shape index (κ3) is 2.65. The molecule has 0 aliphatic rings. The number of hydrogen-bond donors (Lipinski definition) is 1. The number of rotatable bonds is 3. The Kier molecular flexibility index (Phi) is 3.60. The molecule has 0 saturated carbocycles. The van der Waals surface area contributed by atoms with E-state index in [4.69, 9.17) is 4.74 Å². The van der Waals surface area contributed by atoms with E-state index in [-0.39, 0.29) is 11.5 Å². The van der Waals surface area contributed by atoms with E-state index >= 15 is 0 Å². The second-order valence-electron chi connectivity index (χ2n) is 3.27. The highest BCUT2D eigenvalue weighted by molar-refractivity contribution is 5.77. The van der Waals surface area contributed by atoms with Crippen LogP contribution in [0.3, 0.4) is 0 Å². The van der Waals surface area contributed by atoms with E-state index in [1.165, 1.54) is 6.07 Å². The van der Waals surface area contributed by atoms with Gasteiger partial charge in [-0.05, 0) is 26.3 Å². The number of nitrogens with one attached hydrogen (secondary N) is 1. The number of aromatic amines is 1. The number of ether oxygens (including phenoxy) is 1. The summed E-state index contributed by atoms with van der Waals surface area (Å²) in [7, 11) is 0. The molecule has 1 aromatic heterocycles. The van der Waals surface area contributed by atoms with Crippen molar-refractivity contribution in [2.75, 3.05) is 6.61 Å². The zero-order valence-electron chi connectivity index (χ0n) is 9.03. The molecule has 1 rings (SSSR count). The van der Waals surface area contributed by atoms with E-state index in [0.29, 0.717) is 17.9 Å². The lowest BCUT2D eigenvalue weighted by Gasteiger charge is -2.11. The van der Waals surface area contributed by atoms with Gasteiger partial charge in [0.2, 0.25) is 0 Å². The van der Waals surface area contributed by atoms with Crippen molar-refractivity contribution in [2.45, 2.75) is 26.7 Å². The predicted octanol–water partition coefficient (Wildman–Crippen LogP) is 0.745. The Morgan fingerprint density at radius 3 is 2.87 bits per heavy atom. The zero-order chi connectivity index (χ0) is 11.4. The van der Waals surface area contributed by atoms with Crippen LogP contribution in [0.2, 0.25) is 0 Å². The summed E-state index contributed by atoms with van der Waals surface area (Å²) in [5.74, 6) is -0.790. The molecular weight excluding hydrogens is 196 g/mol. The molecule has 82 valence electrons. The van der Waals surface area contributed by atoms with Crippen molar-refractivity contribution in [3.05, 3.63) is 27.7 Å². The third-order valence-electron chi connectivity index (χ3n) is 2.09. The molecule has 15 heavy (non-hydrogen) atoms. The number of H-pyrrole nitrogens is 1. The van der Waals surface area contributed by atoms with E-state index in [1.54, 1.807) is 20.8 Å². The molecule has 1 N–H and O–H groups in total. The van der Waals surface area contributed by atoms with Crippen LogP contribution in [-0.4, -0.2) is 22.8 Å². The smallest absolute Gasteiger partial charge is 0.314 e. The molecule has 0 radical (unpaired) electrons. The molecule has 5 nitrogen and oxygen atoms in total. The van der Waals surface area contributed by atoms with Gasteiger partial charge < -0.3 is 4.74 Å². The highest BCUT2D eigenvalue weighted by Gasteiger charge is 2.19. The molecule has 1 aromatic rings. The second kappa shape index (κ2) is 4.72. The lowest BCUT2D eigenvalue weighted by Crippen LogP contribution is -2.19. The van der Waals surface area contributed by atoms with Gasteiger partial charge in [-0.25, -0.2) is 5.10 Å². The normalized spacial score (nSPS) is 12.2. The minimum absolute atomic E-state index is 0.271. The van der Waals surface area contributed by atoms with Crippen molar-refractivity contribution < 1.29 is 9.53 Å². The van der Waals surface area contributed by atoms with Gasteiger partial charge in [0.15, 0.2) is 0 Å². The van der Waals surface area contributed by atoms with Crippen LogP contribution in [0.15, 0.2) is 10.9 Å². The maximum atomic E-state index is 11.4. The van der Waals surface area contributed by atoms with Gasteiger partial charge in [-0.15, -0.1) is 0 Å². The van der Waals surface area contributed by atoms with Crippen molar-refractivity contribution >= 4 is 5.97 Å². The highest BCUT2D eigenvalue weighted by atomic mass is 16.5. The molecule has 0 aromatic carbocycles. The summed E-state index contributed by atoms with van der Waals surface area (Å²) < 4.78 is 4.87. The zero-order valence-corrected chi connectivity index (χ0v) is 9.03. The average molecular weight is 210 g/mol. The van der Waals surface area contributed by atoms with Crippen molar-refractivity contribution in [1.29, 1.82) is 0 Å². The quantitative estimate of drug-likeness (QED) is 0.747. The first-order chi connectivity index (χ1) is 7.06. The number of hydrogen-bond acceptors (Lipinski definition) is 4. The molecule has 1 unspecified atom stereocenters. The number of nitrogens with zero attached hydrogens (tertiary/aromatic N) is 1. The Balaban J connectivity index is 2.96. The summed E-state index contributed by atoms with van der Waals surface area (Å²) in [6.45, 7) is 5.53. The average Bonchev–Trinajstić information content (AvgIpc) is 2.17. The van der Waals surface area contributed by atoms with Crippen LogP contribution in [0.5, 0.6) is 0 Å². The summed E-state index contributed by atoms with van der Waals surface area (Å²) in [6, 6.07) is 1.41. The maximum Gasteiger partial charge on any atom is 0.314 e. The minimum atomic E-state index is -0.457. The van der Waals surface area contributed by atoms with Gasteiger partial charge in [0, 0.05) is 6.07 Å². The van der Waals surface area contributed by atoms with E-state index in [0.717, 1.165) is 0 Å². The van der Waals surface area contributed by atoms with Crippen molar-refractivity contribution in [2.24, 2.45) is 0 Å². The first kappa shape index (κ1) is 11.4. The molecule has 0 spiro atoms. The standard InChI is InChI=1S/C10H14N2O3/c1-4-15-10(14)7(3)9-6(2)5-8(13)11-12-9/h5,7H,4H2,1-3H3,(H,11,13). The number of esters is 1. The summed E-state index contributed by atoms with van der Waals surface area (Å²) in [5.41, 5.74) is 0.972. The van der Waals surface area contributed by atoms with Crippen LogP contribution in [0.1, 0.15) is 31.0 Å². The fourth-order valence-electron chi connectivity index (χ4n) is 1.32. The molecular formula is C10H14N2O3. The first-order valence-corrected chi connectivity index (χ1v) is 4.79. The fourth-order valence-corrected chi connectivity index (χ4v) is 1.32. The van der Waals surface area contributed by atoms with E-state index in [2.05, 4.69) is 10.2 Å². The minimum Gasteiger partial charge on any atom is -0.465 e. The second-order valence-corrected chi connectivity index (χ2v) is 3.27. The monoisotopic (exact) mass is 210 g/mol. The largest absolute Gasteiger partial charge is 0.465 e. The first-order valence-electron chi connectivity index (χ1n) is 4.79. The molecule has 0 amide bonds. The van der Waals surface area contributed by atoms with Gasteiger partial charge in [-0.1, -0.05) is 0 Å².